The van der Waals surface area contributed by atoms with Gasteiger partial charge in [0.15, 0.2) is 29.9 Å². The van der Waals surface area contributed by atoms with E-state index in [1.54, 1.807) is 26.0 Å². The lowest BCUT2D eigenvalue weighted by Crippen LogP contribution is -2.65. The number of likely N-dealkylation sites (N-methyl/N-ethyl adjacent to an activating group) is 1. The van der Waals surface area contributed by atoms with Crippen LogP contribution < -0.4 is 62.5 Å². The van der Waals surface area contributed by atoms with Gasteiger partial charge >= 0.3 is 5.97 Å². The normalized spacial score (nSPS) is 26.9. The molecular weight excluding hydrogens is 1590 g/mol. The lowest BCUT2D eigenvalue weighted by molar-refractivity contribution is -0.331. The standard InChI is InChI=1S/C79H83Cl3N12O23/c1-32(2)20-47(85-5)71(104)92-62-64(99)38-13-18-51(45(81)22-38)113-53-24-40-25-54(68(53)117-78-69(67(102)66(101)55(115-78)31-87-94-84)116-57-29-79(4,70(103)33(3)112-57)86-30-34-6-8-35(9-7-34)36-10-15-41(80)16-11-36)114-52-19-14-39(23-46(52)82)65(100)63-76(109)91-61(77(110)111)44-26-42(95)27-50(97)58(44)43-21-37(12-17-49(43)96)59(73(106)93-63)90-74(107)60(40)89-72(105)48(28-56(83)98)88-75(62)108/h6-19,21-27,32-33,47-48,55,57,59-67,69-70,78,85-86,95-97,99-103H,20,28-31H2,1-5H3,(H2,83,98)(H,88,108)(H,89,105)(H,90,107)(H,91,109)(H,92,104)(H,93,106)(H,110,111)/t33?,47?,48-,55?,57?,59+,60?,61-,62?,63?,64?,65?,66?,67?,69?,70?,78?,79?/m0/s1. The van der Waals surface area contributed by atoms with Crippen LogP contribution in [0.4, 0.5) is 0 Å². The minimum Gasteiger partial charge on any atom is -0.508 e. The number of aliphatic hydroxyl groups is 5. The Labute approximate surface area is 681 Å². The highest BCUT2D eigenvalue weighted by Gasteiger charge is 2.52. The maximum Gasteiger partial charge on any atom is 0.330 e. The number of amides is 7. The van der Waals surface area contributed by atoms with E-state index in [2.05, 4.69) is 52.6 Å². The number of phenols is 3. The third-order valence-electron chi connectivity index (χ3n) is 20.7. The second-order valence-electron chi connectivity index (χ2n) is 29.4. The number of ether oxygens (including phenoxy) is 6. The molecule has 7 aromatic carbocycles. The molecule has 0 saturated carbocycles. The number of nitrogens with one attached hydrogen (secondary N) is 8. The highest BCUT2D eigenvalue weighted by molar-refractivity contribution is 6.32. The van der Waals surface area contributed by atoms with Crippen molar-refractivity contribution in [1.29, 1.82) is 0 Å². The third-order valence-corrected chi connectivity index (χ3v) is 21.5. The Morgan fingerprint density at radius 2 is 1.30 bits per heavy atom. The van der Waals surface area contributed by atoms with Crippen molar-refractivity contribution in [2.45, 2.75) is 163 Å². The molecule has 38 heteroatoms. The average molecular weight is 1670 g/mol. The zero-order chi connectivity index (χ0) is 84.3. The fraction of sp³-hybridized carbons (Fsp3) is 0.367. The number of carbonyl (C=O) groups excluding carboxylic acids is 7. The van der Waals surface area contributed by atoms with Gasteiger partial charge in [-0.25, -0.2) is 4.79 Å². The molecule has 0 aromatic heterocycles. The number of benzene rings is 7. The van der Waals surface area contributed by atoms with Crippen molar-refractivity contribution < 1.29 is 113 Å². The van der Waals surface area contributed by atoms with Gasteiger partial charge in [0.1, 0.15) is 83.4 Å². The number of nitrogens with zero attached hydrogens (tertiary/aromatic N) is 3. The smallest absolute Gasteiger partial charge is 0.330 e. The Kier molecular flexibility index (Phi) is 26.1. The Hall–Kier alpha value is -11.1. The van der Waals surface area contributed by atoms with Crippen LogP contribution in [0.15, 0.2) is 133 Å². The van der Waals surface area contributed by atoms with Gasteiger partial charge in [-0.1, -0.05) is 108 Å². The molecule has 35 nitrogen and oxygen atoms in total. The minimum absolute atomic E-state index is 0.112. The molecule has 7 aliphatic heterocycles. The van der Waals surface area contributed by atoms with Crippen molar-refractivity contribution in [2.24, 2.45) is 16.8 Å². The second kappa shape index (κ2) is 35.8. The molecule has 15 unspecified atom stereocenters. The molecule has 7 aromatic rings. The van der Waals surface area contributed by atoms with Gasteiger partial charge in [0.25, 0.3) is 0 Å². The summed E-state index contributed by atoms with van der Waals surface area (Å²) in [7, 11) is 1.47. The molecule has 0 spiro atoms. The van der Waals surface area contributed by atoms with Crippen molar-refractivity contribution >= 4 is 82.1 Å². The Bertz CT molecular complexity index is 5050. The lowest BCUT2D eigenvalue weighted by atomic mass is 9.84. The highest BCUT2D eigenvalue weighted by atomic mass is 35.5. The van der Waals surface area contributed by atoms with Crippen LogP contribution in [0, 0.1) is 5.92 Å². The molecule has 0 radical (unpaired) electrons. The molecule has 11 bridgehead atoms. The fourth-order valence-electron chi connectivity index (χ4n) is 14.5. The summed E-state index contributed by atoms with van der Waals surface area (Å²) in [5.74, 6) is -16.2. The number of carbonyl (C=O) groups is 8. The molecule has 7 aliphatic rings. The first-order valence-corrected chi connectivity index (χ1v) is 37.9. The number of hydrogen-bond donors (Lipinski definition) is 18. The Morgan fingerprint density at radius 1 is 0.692 bits per heavy atom. The number of aliphatic carboxylic acids is 1. The van der Waals surface area contributed by atoms with Gasteiger partial charge in [-0.3, -0.25) is 33.6 Å². The monoisotopic (exact) mass is 1670 g/mol. The summed E-state index contributed by atoms with van der Waals surface area (Å²) in [5.41, 5.74) is 13.9. The SMILES string of the molecule is CNC(CC(C)C)C(=O)NC1C(=O)N[C@@H](CC(N)=O)C(=O)NC2C(=O)N[C@H]3C(=O)NC(C(=O)N[C@H](C(=O)O)c4cc(O)cc(O)c4-c4cc3ccc4O)C(O)c3ccc(c(Cl)c3)Oc3cc2cc(c3OC2OC(CN=[N+]=[N-])C(O)C(O)C2OC2CC(C)(NCc3ccc(-c4ccc(Cl)cc4)cc3)C(O)C(C)O2)Oc2ccc(cc2Cl)C1O. The minimum atomic E-state index is -2.38. The van der Waals surface area contributed by atoms with Crippen LogP contribution in [0.3, 0.4) is 0 Å². The van der Waals surface area contributed by atoms with E-state index < -0.39 is 237 Å². The summed E-state index contributed by atoms with van der Waals surface area (Å²) in [4.78, 5) is 121. The molecule has 18 atom stereocenters. The van der Waals surface area contributed by atoms with E-state index in [9.17, 15) is 75.5 Å². The number of carboxylic acids is 1. The topological polar surface area (TPSA) is 545 Å². The fourth-order valence-corrected chi connectivity index (χ4v) is 15.1. The van der Waals surface area contributed by atoms with E-state index in [4.69, 9.17) is 69.0 Å². The number of primary amides is 1. The van der Waals surface area contributed by atoms with Crippen LogP contribution in [-0.2, 0) is 59.1 Å². The molecule has 7 heterocycles. The van der Waals surface area contributed by atoms with Crippen LogP contribution >= 0.6 is 34.8 Å². The number of halogens is 3. The van der Waals surface area contributed by atoms with Gasteiger partial charge in [0, 0.05) is 51.2 Å². The van der Waals surface area contributed by atoms with Gasteiger partial charge in [-0.2, -0.15) is 0 Å². The number of nitrogens with two attached hydrogens (primary N) is 1. The predicted octanol–water partition coefficient (Wildman–Crippen LogP) is 5.58. The first-order valence-electron chi connectivity index (χ1n) is 36.8. The van der Waals surface area contributed by atoms with Gasteiger partial charge in [-0.15, -0.1) is 0 Å². The van der Waals surface area contributed by atoms with Crippen molar-refractivity contribution in [2.75, 3.05) is 13.6 Å². The Balaban J connectivity index is 1.05. The van der Waals surface area contributed by atoms with Gasteiger partial charge in [0.05, 0.1) is 47.4 Å². The summed E-state index contributed by atoms with van der Waals surface area (Å²) in [6.45, 7) is 6.42. The molecule has 618 valence electrons. The zero-order valence-corrected chi connectivity index (χ0v) is 65.1. The first-order chi connectivity index (χ1) is 55.6. The van der Waals surface area contributed by atoms with Crippen molar-refractivity contribution in [3.63, 3.8) is 0 Å². The molecule has 2 saturated heterocycles. The average Bonchev–Trinajstić information content (AvgIpc) is 0.766. The molecule has 14 rings (SSSR count). The number of fused-ring (bicyclic) bond motifs is 15. The molecule has 117 heavy (non-hydrogen) atoms. The molecule has 2 fully saturated rings. The van der Waals surface area contributed by atoms with E-state index in [-0.39, 0.29) is 52.8 Å². The number of aromatic hydroxyl groups is 3. The third kappa shape index (κ3) is 18.8. The quantitative estimate of drug-likeness (QED) is 0.0283. The van der Waals surface area contributed by atoms with Gasteiger partial charge < -0.3 is 123 Å². The molecular formula is C79H83Cl3N12O23. The van der Waals surface area contributed by atoms with Crippen LogP contribution in [0.5, 0.6) is 46.0 Å². The van der Waals surface area contributed by atoms with Crippen molar-refractivity contribution in [3.05, 3.63) is 186 Å². The molecule has 0 aliphatic carbocycles. The van der Waals surface area contributed by atoms with E-state index >= 15 is 14.4 Å². The maximum absolute atomic E-state index is 16.2. The van der Waals surface area contributed by atoms with Gasteiger partial charge in [-0.05, 0) is 144 Å². The Morgan fingerprint density at radius 3 is 1.91 bits per heavy atom. The molecule has 7 amide bonds. The number of rotatable bonds is 18. The number of azide groups is 1. The largest absolute Gasteiger partial charge is 0.508 e. The number of carboxylic acid groups (broad SMARTS) is 1. The summed E-state index contributed by atoms with van der Waals surface area (Å²) >= 11 is 20.5. The van der Waals surface area contributed by atoms with Crippen LogP contribution in [0.1, 0.15) is 111 Å². The van der Waals surface area contributed by atoms with Crippen LogP contribution in [-0.4, -0.2) is 186 Å². The van der Waals surface area contributed by atoms with Crippen molar-refractivity contribution in [3.8, 4) is 68.2 Å². The number of aliphatic hydroxyl groups excluding tert-OH is 5. The first kappa shape index (κ1) is 85.3. The van der Waals surface area contributed by atoms with E-state index in [0.717, 1.165) is 83.4 Å². The lowest BCUT2D eigenvalue weighted by Gasteiger charge is -2.48. The maximum atomic E-state index is 16.2. The second-order valence-corrected chi connectivity index (χ2v) is 30.7. The number of hydrogen-bond acceptors (Lipinski definition) is 25. The van der Waals surface area contributed by atoms with E-state index in [1.807, 2.05) is 50.2 Å². The van der Waals surface area contributed by atoms with Crippen LogP contribution in [0.25, 0.3) is 32.7 Å². The zero-order valence-electron chi connectivity index (χ0n) is 62.8. The van der Waals surface area contributed by atoms with Gasteiger partial charge in [0.2, 0.25) is 53.4 Å². The van der Waals surface area contributed by atoms with E-state index in [1.165, 1.54) is 19.2 Å². The summed E-state index contributed by atoms with van der Waals surface area (Å²) in [6, 6.07) is 14.1. The van der Waals surface area contributed by atoms with E-state index in [0.29, 0.717) is 5.02 Å². The summed E-state index contributed by atoms with van der Waals surface area (Å²) < 4.78 is 39.7. The number of phenolic OH excluding ortho intramolecular Hbond substituents is 3. The van der Waals surface area contributed by atoms with Crippen LogP contribution in [0.2, 0.25) is 15.1 Å². The summed E-state index contributed by atoms with van der Waals surface area (Å²) in [5, 5.41) is 130. The summed E-state index contributed by atoms with van der Waals surface area (Å²) in [6.07, 6.45) is -18.8. The van der Waals surface area contributed by atoms with Crippen molar-refractivity contribution in [1.82, 2.24) is 42.5 Å². The highest BCUT2D eigenvalue weighted by Crippen LogP contribution is 2.50. The molecule has 19 N–H and O–H groups in total. The predicted molar refractivity (Wildman–Crippen MR) is 416 cm³/mol.